The van der Waals surface area contributed by atoms with Gasteiger partial charge in [-0.15, -0.1) is 0 Å². The fraction of sp³-hybridized carbons (Fsp3) is 0.593. The first-order valence-electron chi connectivity index (χ1n) is 12.3. The SMILES string of the molecule is CCCCCCCCCC[C@H]1CC[C@H](c2cnc(-c3cc(F)c(C#N)c(F)c3)nc2)CC1. The Morgan fingerprint density at radius 3 is 2.00 bits per heavy atom. The maximum Gasteiger partial charge on any atom is 0.159 e. The van der Waals surface area contributed by atoms with Crippen LogP contribution in [-0.2, 0) is 0 Å². The molecule has 172 valence electrons. The average Bonchev–Trinajstić information content (AvgIpc) is 2.81. The molecule has 32 heavy (non-hydrogen) atoms. The van der Waals surface area contributed by atoms with Crippen LogP contribution < -0.4 is 0 Å². The van der Waals surface area contributed by atoms with Crippen molar-refractivity contribution < 1.29 is 8.78 Å². The van der Waals surface area contributed by atoms with Crippen molar-refractivity contribution in [1.29, 1.82) is 5.26 Å². The Bertz CT molecular complexity index is 858. The predicted octanol–water partition coefficient (Wildman–Crippen LogP) is 8.10. The van der Waals surface area contributed by atoms with E-state index in [9.17, 15) is 8.78 Å². The number of nitriles is 1. The molecule has 0 spiro atoms. The molecule has 1 aliphatic rings. The highest BCUT2D eigenvalue weighted by Crippen LogP contribution is 2.37. The number of rotatable bonds is 11. The molecule has 0 bridgehead atoms. The molecule has 0 amide bonds. The normalized spacial score (nSPS) is 18.4. The van der Waals surface area contributed by atoms with Crippen LogP contribution in [0.25, 0.3) is 11.4 Å². The first-order valence-corrected chi connectivity index (χ1v) is 12.3. The maximum absolute atomic E-state index is 13.9. The van der Waals surface area contributed by atoms with Crippen molar-refractivity contribution in [3.63, 3.8) is 0 Å². The van der Waals surface area contributed by atoms with Gasteiger partial charge in [-0.1, -0.05) is 64.7 Å². The van der Waals surface area contributed by atoms with Gasteiger partial charge in [0.05, 0.1) is 0 Å². The van der Waals surface area contributed by atoms with Crippen LogP contribution in [0.3, 0.4) is 0 Å². The monoisotopic (exact) mass is 439 g/mol. The predicted molar refractivity (Wildman–Crippen MR) is 124 cm³/mol. The Labute approximate surface area is 191 Å². The highest BCUT2D eigenvalue weighted by molar-refractivity contribution is 5.57. The van der Waals surface area contributed by atoms with Gasteiger partial charge >= 0.3 is 0 Å². The molecule has 5 heteroatoms. The van der Waals surface area contributed by atoms with Gasteiger partial charge in [-0.3, -0.25) is 0 Å². The van der Waals surface area contributed by atoms with E-state index in [1.165, 1.54) is 76.7 Å². The summed E-state index contributed by atoms with van der Waals surface area (Å²) in [6.07, 6.45) is 20.8. The Morgan fingerprint density at radius 1 is 0.875 bits per heavy atom. The number of halogens is 2. The van der Waals surface area contributed by atoms with E-state index in [-0.39, 0.29) is 11.4 Å². The third-order valence-electron chi connectivity index (χ3n) is 6.87. The Morgan fingerprint density at radius 2 is 1.44 bits per heavy atom. The minimum absolute atomic E-state index is 0.250. The third-order valence-corrected chi connectivity index (χ3v) is 6.87. The second kappa shape index (κ2) is 12.6. The average molecular weight is 440 g/mol. The van der Waals surface area contributed by atoms with Gasteiger partial charge in [0, 0.05) is 18.0 Å². The molecule has 3 nitrogen and oxygen atoms in total. The number of benzene rings is 1. The molecule has 1 aliphatic carbocycles. The van der Waals surface area contributed by atoms with Gasteiger partial charge in [-0.25, -0.2) is 18.7 Å². The molecule has 0 saturated heterocycles. The van der Waals surface area contributed by atoms with Crippen LogP contribution >= 0.6 is 0 Å². The molecule has 0 N–H and O–H groups in total. The molecule has 1 saturated carbocycles. The van der Waals surface area contributed by atoms with Crippen molar-refractivity contribution in [1.82, 2.24) is 9.97 Å². The molecule has 0 aliphatic heterocycles. The minimum Gasteiger partial charge on any atom is -0.236 e. The lowest BCUT2D eigenvalue weighted by molar-refractivity contribution is 0.301. The molecule has 0 radical (unpaired) electrons. The zero-order valence-electron chi connectivity index (χ0n) is 19.3. The van der Waals surface area contributed by atoms with Crippen LogP contribution in [0, 0.1) is 28.9 Å². The molecule has 0 atom stereocenters. The van der Waals surface area contributed by atoms with Gasteiger partial charge < -0.3 is 0 Å². The summed E-state index contributed by atoms with van der Waals surface area (Å²) in [5.41, 5.74) is 0.780. The second-order valence-electron chi connectivity index (χ2n) is 9.25. The first kappa shape index (κ1) is 24.3. The molecular weight excluding hydrogens is 404 g/mol. The summed E-state index contributed by atoms with van der Waals surface area (Å²) in [7, 11) is 0. The molecule has 3 rings (SSSR count). The van der Waals surface area contributed by atoms with Gasteiger partial charge in [0.15, 0.2) is 5.82 Å². The number of hydrogen-bond acceptors (Lipinski definition) is 3. The highest BCUT2D eigenvalue weighted by atomic mass is 19.1. The zero-order chi connectivity index (χ0) is 22.8. The van der Waals surface area contributed by atoms with Crippen molar-refractivity contribution in [2.45, 2.75) is 96.3 Å². The quantitative estimate of drug-likeness (QED) is 0.332. The van der Waals surface area contributed by atoms with Crippen LogP contribution in [0.1, 0.15) is 107 Å². The smallest absolute Gasteiger partial charge is 0.159 e. The molecular formula is C27H35F2N3. The van der Waals surface area contributed by atoms with Gasteiger partial charge in [0.25, 0.3) is 0 Å². The summed E-state index contributed by atoms with van der Waals surface area (Å²) < 4.78 is 27.8. The van der Waals surface area contributed by atoms with Gasteiger partial charge in [0.2, 0.25) is 0 Å². The van der Waals surface area contributed by atoms with E-state index in [4.69, 9.17) is 5.26 Å². The fourth-order valence-electron chi connectivity index (χ4n) is 4.86. The molecule has 1 aromatic heterocycles. The van der Waals surface area contributed by atoms with E-state index in [1.54, 1.807) is 12.4 Å². The summed E-state index contributed by atoms with van der Waals surface area (Å²) in [4.78, 5) is 8.70. The van der Waals surface area contributed by atoms with Crippen LogP contribution in [0.15, 0.2) is 24.5 Å². The molecule has 1 fully saturated rings. The molecule has 1 aromatic carbocycles. The standard InChI is InChI=1S/C27H35F2N3/c1-2-3-4-5-6-7-8-9-10-20-11-13-21(14-12-20)23-18-31-27(32-19-23)22-15-25(28)24(17-30)26(29)16-22/h15-16,18-21H,2-14H2,1H3/t20-,21-. The van der Waals surface area contributed by atoms with Crippen LogP contribution in [0.4, 0.5) is 8.78 Å². The Kier molecular flexibility index (Phi) is 9.59. The van der Waals surface area contributed by atoms with Crippen molar-refractivity contribution in [3.8, 4) is 17.5 Å². The molecule has 0 unspecified atom stereocenters. The van der Waals surface area contributed by atoms with E-state index < -0.39 is 17.2 Å². The van der Waals surface area contributed by atoms with Gasteiger partial charge in [-0.05, 0) is 55.2 Å². The van der Waals surface area contributed by atoms with Crippen LogP contribution in [-0.4, -0.2) is 9.97 Å². The summed E-state index contributed by atoms with van der Waals surface area (Å²) in [5.74, 6) is -0.182. The van der Waals surface area contributed by atoms with Gasteiger partial charge in [-0.2, -0.15) is 5.26 Å². The van der Waals surface area contributed by atoms with Crippen molar-refractivity contribution >= 4 is 0 Å². The van der Waals surface area contributed by atoms with Crippen molar-refractivity contribution in [3.05, 3.63) is 47.3 Å². The zero-order valence-corrected chi connectivity index (χ0v) is 19.3. The van der Waals surface area contributed by atoms with E-state index in [2.05, 4.69) is 16.9 Å². The maximum atomic E-state index is 13.9. The lowest BCUT2D eigenvalue weighted by atomic mass is 9.77. The lowest BCUT2D eigenvalue weighted by Crippen LogP contribution is -2.14. The molecule has 2 aromatic rings. The summed E-state index contributed by atoms with van der Waals surface area (Å²) in [6, 6.07) is 3.77. The van der Waals surface area contributed by atoms with E-state index in [0.29, 0.717) is 5.92 Å². The number of unbranched alkanes of at least 4 members (excludes halogenated alkanes) is 7. The summed E-state index contributed by atoms with van der Waals surface area (Å²) in [5, 5.41) is 8.81. The highest BCUT2D eigenvalue weighted by Gasteiger charge is 2.23. The number of hydrogen-bond donors (Lipinski definition) is 0. The summed E-state index contributed by atoms with van der Waals surface area (Å²) >= 11 is 0. The number of aromatic nitrogens is 2. The number of nitrogens with zero attached hydrogens (tertiary/aromatic N) is 3. The van der Waals surface area contributed by atoms with Crippen molar-refractivity contribution in [2.24, 2.45) is 5.92 Å². The van der Waals surface area contributed by atoms with Crippen molar-refractivity contribution in [2.75, 3.05) is 0 Å². The lowest BCUT2D eigenvalue weighted by Gasteiger charge is -2.28. The van der Waals surface area contributed by atoms with Gasteiger partial charge in [0.1, 0.15) is 23.3 Å². The first-order chi connectivity index (χ1) is 15.6. The topological polar surface area (TPSA) is 49.6 Å². The Hall–Kier alpha value is -2.35. The van der Waals surface area contributed by atoms with E-state index in [1.807, 2.05) is 0 Å². The molecule has 1 heterocycles. The van der Waals surface area contributed by atoms with Crippen LogP contribution in [0.5, 0.6) is 0 Å². The second-order valence-corrected chi connectivity index (χ2v) is 9.25. The van der Waals surface area contributed by atoms with E-state index in [0.717, 1.165) is 36.5 Å². The largest absolute Gasteiger partial charge is 0.236 e. The fourth-order valence-corrected chi connectivity index (χ4v) is 4.86. The summed E-state index contributed by atoms with van der Waals surface area (Å²) in [6.45, 7) is 2.26. The van der Waals surface area contributed by atoms with Crippen LogP contribution in [0.2, 0.25) is 0 Å². The minimum atomic E-state index is -0.884. The van der Waals surface area contributed by atoms with E-state index >= 15 is 0 Å². The Balaban J connectivity index is 1.42. The third kappa shape index (κ3) is 6.82.